The number of aromatic nitrogens is 1. The maximum absolute atomic E-state index is 11.7. The smallest absolute Gasteiger partial charge is 0.338 e. The minimum atomic E-state index is -0.897. The number of ether oxygens (including phenoxy) is 2. The predicted molar refractivity (Wildman–Crippen MR) is 87.4 cm³/mol. The number of rotatable bonds is 5. The summed E-state index contributed by atoms with van der Waals surface area (Å²) in [6.07, 6.45) is 0. The fourth-order valence-electron chi connectivity index (χ4n) is 3.28. The number of morpholine rings is 1. The molecular weight excluding hydrogens is 296 g/mol. The van der Waals surface area contributed by atoms with Gasteiger partial charge in [-0.15, -0.1) is 0 Å². The van der Waals surface area contributed by atoms with Crippen molar-refractivity contribution in [3.63, 3.8) is 0 Å². The Morgan fingerprint density at radius 2 is 2.04 bits per heavy atom. The fraction of sp³-hybridized carbons (Fsp3) is 0.471. The third kappa shape index (κ3) is 2.92. The van der Waals surface area contributed by atoms with Crippen molar-refractivity contribution in [1.82, 2.24) is 9.47 Å². The molecule has 3 rings (SSSR count). The van der Waals surface area contributed by atoms with Crippen LogP contribution < -0.4 is 4.74 Å². The number of fused-ring (bicyclic) bond motifs is 1. The van der Waals surface area contributed by atoms with Crippen molar-refractivity contribution < 1.29 is 19.4 Å². The van der Waals surface area contributed by atoms with Crippen LogP contribution in [0.4, 0.5) is 0 Å². The lowest BCUT2D eigenvalue weighted by molar-refractivity contribution is 0.0364. The Bertz CT molecular complexity index is 717. The Morgan fingerprint density at radius 3 is 2.70 bits per heavy atom. The first-order chi connectivity index (χ1) is 11.1. The number of para-hydroxylation sites is 1. The second-order valence-corrected chi connectivity index (χ2v) is 5.73. The van der Waals surface area contributed by atoms with Crippen molar-refractivity contribution in [3.8, 4) is 5.75 Å². The van der Waals surface area contributed by atoms with E-state index >= 15 is 0 Å². The zero-order chi connectivity index (χ0) is 16.4. The molecule has 1 aromatic carbocycles. The molecule has 0 unspecified atom stereocenters. The average molecular weight is 318 g/mol. The molecule has 1 aliphatic heterocycles. The molecule has 1 N–H and O–H groups in total. The third-order valence-corrected chi connectivity index (χ3v) is 4.48. The van der Waals surface area contributed by atoms with E-state index in [1.54, 1.807) is 7.11 Å². The van der Waals surface area contributed by atoms with Crippen molar-refractivity contribution in [1.29, 1.82) is 0 Å². The predicted octanol–water partition coefficient (Wildman–Crippen LogP) is 1.99. The maximum atomic E-state index is 11.7. The summed E-state index contributed by atoms with van der Waals surface area (Å²) in [5.41, 5.74) is 1.99. The number of methoxy groups -OCH3 is 1. The van der Waals surface area contributed by atoms with Gasteiger partial charge in [-0.2, -0.15) is 0 Å². The standard InChI is InChI=1S/C17H22N2O4/c1-12-15(17(20)21)13-4-3-5-14(22-2)16(13)19(12)7-6-18-8-10-23-11-9-18/h3-5H,6-11H2,1-2H3,(H,20,21). The molecule has 0 spiro atoms. The van der Waals surface area contributed by atoms with Crippen LogP contribution in [0.3, 0.4) is 0 Å². The molecule has 0 saturated carbocycles. The van der Waals surface area contributed by atoms with Gasteiger partial charge in [-0.25, -0.2) is 4.79 Å². The molecule has 1 fully saturated rings. The van der Waals surface area contributed by atoms with Crippen LogP contribution in [0.15, 0.2) is 18.2 Å². The van der Waals surface area contributed by atoms with Crippen LogP contribution in [0.2, 0.25) is 0 Å². The van der Waals surface area contributed by atoms with Gasteiger partial charge in [0.15, 0.2) is 0 Å². The maximum Gasteiger partial charge on any atom is 0.338 e. The Labute approximate surface area is 135 Å². The van der Waals surface area contributed by atoms with Gasteiger partial charge < -0.3 is 19.1 Å². The lowest BCUT2D eigenvalue weighted by Gasteiger charge is -2.27. The van der Waals surface area contributed by atoms with Gasteiger partial charge in [0.25, 0.3) is 0 Å². The molecule has 0 amide bonds. The lowest BCUT2D eigenvalue weighted by Crippen LogP contribution is -2.38. The number of carboxylic acid groups (broad SMARTS) is 1. The minimum Gasteiger partial charge on any atom is -0.495 e. The molecule has 23 heavy (non-hydrogen) atoms. The van der Waals surface area contributed by atoms with E-state index in [4.69, 9.17) is 9.47 Å². The van der Waals surface area contributed by atoms with E-state index in [2.05, 4.69) is 9.47 Å². The van der Waals surface area contributed by atoms with Gasteiger partial charge >= 0.3 is 5.97 Å². The Hall–Kier alpha value is -2.05. The van der Waals surface area contributed by atoms with Crippen LogP contribution in [-0.2, 0) is 11.3 Å². The van der Waals surface area contributed by atoms with E-state index in [9.17, 15) is 9.90 Å². The molecular formula is C17H22N2O4. The van der Waals surface area contributed by atoms with Crippen LogP contribution in [0, 0.1) is 6.92 Å². The number of hydrogen-bond donors (Lipinski definition) is 1. The third-order valence-electron chi connectivity index (χ3n) is 4.48. The lowest BCUT2D eigenvalue weighted by atomic mass is 10.1. The summed E-state index contributed by atoms with van der Waals surface area (Å²) in [7, 11) is 1.61. The SMILES string of the molecule is COc1cccc2c(C(=O)O)c(C)n(CCN3CCOCC3)c12. The molecule has 0 bridgehead atoms. The van der Waals surface area contributed by atoms with Gasteiger partial charge in [-0.3, -0.25) is 4.90 Å². The molecule has 1 aromatic heterocycles. The number of hydrogen-bond acceptors (Lipinski definition) is 4. The molecule has 2 heterocycles. The molecule has 6 heteroatoms. The number of carboxylic acids is 1. The van der Waals surface area contributed by atoms with E-state index in [1.807, 2.05) is 25.1 Å². The summed E-state index contributed by atoms with van der Waals surface area (Å²) in [4.78, 5) is 14.0. The van der Waals surface area contributed by atoms with Crippen molar-refractivity contribution >= 4 is 16.9 Å². The molecule has 1 aliphatic rings. The first-order valence-corrected chi connectivity index (χ1v) is 7.82. The molecule has 0 radical (unpaired) electrons. The highest BCUT2D eigenvalue weighted by molar-refractivity contribution is 6.06. The Balaban J connectivity index is 2.00. The van der Waals surface area contributed by atoms with Crippen LogP contribution in [0.5, 0.6) is 5.75 Å². The van der Waals surface area contributed by atoms with Gasteiger partial charge in [0.2, 0.25) is 0 Å². The zero-order valence-corrected chi connectivity index (χ0v) is 13.5. The molecule has 1 saturated heterocycles. The van der Waals surface area contributed by atoms with Gasteiger partial charge in [0.05, 0.1) is 31.4 Å². The van der Waals surface area contributed by atoms with E-state index in [0.717, 1.165) is 56.0 Å². The topological polar surface area (TPSA) is 63.9 Å². The summed E-state index contributed by atoms with van der Waals surface area (Å²) < 4.78 is 12.9. The molecule has 0 atom stereocenters. The van der Waals surface area contributed by atoms with Gasteiger partial charge in [-0.05, 0) is 13.0 Å². The summed E-state index contributed by atoms with van der Waals surface area (Å²) in [6, 6.07) is 5.55. The molecule has 2 aromatic rings. The largest absolute Gasteiger partial charge is 0.495 e. The number of nitrogens with zero attached hydrogens (tertiary/aromatic N) is 2. The highest BCUT2D eigenvalue weighted by Gasteiger charge is 2.22. The highest BCUT2D eigenvalue weighted by Crippen LogP contribution is 2.32. The Morgan fingerprint density at radius 1 is 1.30 bits per heavy atom. The van der Waals surface area contributed by atoms with Gasteiger partial charge in [0, 0.05) is 37.3 Å². The van der Waals surface area contributed by atoms with E-state index in [1.165, 1.54) is 0 Å². The average Bonchev–Trinajstić information content (AvgIpc) is 2.85. The quantitative estimate of drug-likeness (QED) is 0.913. The first kappa shape index (κ1) is 15.8. The van der Waals surface area contributed by atoms with E-state index < -0.39 is 5.97 Å². The first-order valence-electron chi connectivity index (χ1n) is 7.82. The van der Waals surface area contributed by atoms with Crippen molar-refractivity contribution in [3.05, 3.63) is 29.5 Å². The Kier molecular flexibility index (Phi) is 4.54. The van der Waals surface area contributed by atoms with Crippen LogP contribution in [0.1, 0.15) is 16.1 Å². The second-order valence-electron chi connectivity index (χ2n) is 5.73. The molecule has 0 aliphatic carbocycles. The van der Waals surface area contributed by atoms with Crippen LogP contribution in [0.25, 0.3) is 10.9 Å². The van der Waals surface area contributed by atoms with Crippen LogP contribution in [-0.4, -0.2) is 60.5 Å². The summed E-state index contributed by atoms with van der Waals surface area (Å²) in [5.74, 6) is -0.189. The van der Waals surface area contributed by atoms with Crippen molar-refractivity contribution in [2.45, 2.75) is 13.5 Å². The molecule has 6 nitrogen and oxygen atoms in total. The monoisotopic (exact) mass is 318 g/mol. The zero-order valence-electron chi connectivity index (χ0n) is 13.5. The fourth-order valence-corrected chi connectivity index (χ4v) is 3.28. The van der Waals surface area contributed by atoms with Crippen molar-refractivity contribution in [2.75, 3.05) is 40.0 Å². The number of benzene rings is 1. The summed E-state index contributed by atoms with van der Waals surface area (Å²) >= 11 is 0. The summed E-state index contributed by atoms with van der Waals surface area (Å²) in [6.45, 7) is 6.82. The molecule has 124 valence electrons. The van der Waals surface area contributed by atoms with Gasteiger partial charge in [0.1, 0.15) is 5.75 Å². The second kappa shape index (κ2) is 6.60. The number of carbonyl (C=O) groups is 1. The highest BCUT2D eigenvalue weighted by atomic mass is 16.5. The van der Waals surface area contributed by atoms with Crippen LogP contribution >= 0.6 is 0 Å². The van der Waals surface area contributed by atoms with E-state index in [-0.39, 0.29) is 0 Å². The minimum absolute atomic E-state index is 0.362. The van der Waals surface area contributed by atoms with Gasteiger partial charge in [-0.1, -0.05) is 12.1 Å². The van der Waals surface area contributed by atoms with Crippen molar-refractivity contribution in [2.24, 2.45) is 0 Å². The normalized spacial score (nSPS) is 15.9. The van der Waals surface area contributed by atoms with E-state index in [0.29, 0.717) is 11.3 Å². The number of aromatic carboxylic acids is 1. The summed E-state index contributed by atoms with van der Waals surface area (Å²) in [5, 5.41) is 10.3.